The Labute approximate surface area is 161 Å². The van der Waals surface area contributed by atoms with Gasteiger partial charge in [-0.25, -0.2) is 9.97 Å². The fourth-order valence-electron chi connectivity index (χ4n) is 2.78. The third-order valence-corrected chi connectivity index (χ3v) is 4.42. The highest BCUT2D eigenvalue weighted by atomic mass is 35.5. The molecule has 3 aromatic rings. The summed E-state index contributed by atoms with van der Waals surface area (Å²) in [4.78, 5) is 8.69. The molecule has 0 saturated heterocycles. The molecule has 27 heavy (non-hydrogen) atoms. The standard InChI is InChI=1S/C19H18ClN3O4/c1-24-17-10-15-13-9-18(17)27-7-5-25-4-6-26-12-2-3-14(20)16(8-12)23-19(13)22-11-21-15/h2-3,8-11H,4-7H2,1H3,(H,21,22,23). The first-order chi connectivity index (χ1) is 13.2. The first-order valence-corrected chi connectivity index (χ1v) is 8.85. The van der Waals surface area contributed by atoms with Gasteiger partial charge >= 0.3 is 0 Å². The van der Waals surface area contributed by atoms with Crippen molar-refractivity contribution in [1.82, 2.24) is 9.97 Å². The van der Waals surface area contributed by atoms with Crippen LogP contribution in [0.25, 0.3) is 10.9 Å². The van der Waals surface area contributed by atoms with E-state index in [1.165, 1.54) is 6.33 Å². The lowest BCUT2D eigenvalue weighted by Crippen LogP contribution is -2.12. The number of halogens is 1. The van der Waals surface area contributed by atoms with Gasteiger partial charge in [0.1, 0.15) is 31.1 Å². The van der Waals surface area contributed by atoms with Crippen LogP contribution in [-0.4, -0.2) is 43.5 Å². The van der Waals surface area contributed by atoms with E-state index < -0.39 is 0 Å². The lowest BCUT2D eigenvalue weighted by atomic mass is 10.2. The number of ether oxygens (including phenoxy) is 4. The second kappa shape index (κ2) is 7.85. The van der Waals surface area contributed by atoms with E-state index in [0.717, 1.165) is 10.9 Å². The highest BCUT2D eigenvalue weighted by Gasteiger charge is 2.13. The largest absolute Gasteiger partial charge is 0.493 e. The van der Waals surface area contributed by atoms with Gasteiger partial charge in [-0.05, 0) is 18.2 Å². The summed E-state index contributed by atoms with van der Waals surface area (Å²) >= 11 is 6.34. The summed E-state index contributed by atoms with van der Waals surface area (Å²) in [6.45, 7) is 1.71. The molecule has 1 aromatic heterocycles. The van der Waals surface area contributed by atoms with Crippen molar-refractivity contribution in [2.24, 2.45) is 0 Å². The summed E-state index contributed by atoms with van der Waals surface area (Å²) in [5, 5.41) is 4.60. The third-order valence-electron chi connectivity index (χ3n) is 4.09. The Morgan fingerprint density at radius 3 is 2.74 bits per heavy atom. The summed E-state index contributed by atoms with van der Waals surface area (Å²) in [5.41, 5.74) is 1.41. The molecule has 0 radical (unpaired) electrons. The van der Waals surface area contributed by atoms with Gasteiger partial charge in [-0.15, -0.1) is 0 Å². The van der Waals surface area contributed by atoms with Crippen LogP contribution < -0.4 is 19.5 Å². The number of hydrogen-bond acceptors (Lipinski definition) is 7. The Bertz CT molecular complexity index is 967. The molecule has 1 aliphatic heterocycles. The smallest absolute Gasteiger partial charge is 0.162 e. The van der Waals surface area contributed by atoms with Crippen molar-refractivity contribution in [3.8, 4) is 17.2 Å². The zero-order chi connectivity index (χ0) is 18.6. The molecule has 0 spiro atoms. The highest BCUT2D eigenvalue weighted by Crippen LogP contribution is 2.36. The zero-order valence-corrected chi connectivity index (χ0v) is 15.5. The molecule has 0 aliphatic carbocycles. The Morgan fingerprint density at radius 2 is 1.89 bits per heavy atom. The van der Waals surface area contributed by atoms with Crippen molar-refractivity contribution in [2.45, 2.75) is 0 Å². The van der Waals surface area contributed by atoms with Crippen molar-refractivity contribution >= 4 is 34.0 Å². The second-order valence-electron chi connectivity index (χ2n) is 5.82. The molecule has 2 heterocycles. The predicted octanol–water partition coefficient (Wildman–Crippen LogP) is 3.82. The maximum absolute atomic E-state index is 6.34. The van der Waals surface area contributed by atoms with Crippen LogP contribution in [-0.2, 0) is 4.74 Å². The van der Waals surface area contributed by atoms with Crippen molar-refractivity contribution < 1.29 is 18.9 Å². The summed E-state index contributed by atoms with van der Waals surface area (Å²) in [7, 11) is 1.59. The van der Waals surface area contributed by atoms with Crippen LogP contribution in [0.3, 0.4) is 0 Å². The van der Waals surface area contributed by atoms with Gasteiger partial charge in [0.05, 0.1) is 36.6 Å². The quantitative estimate of drug-likeness (QED) is 0.680. The molecule has 0 unspecified atom stereocenters. The number of hydrogen-bond donors (Lipinski definition) is 1. The molecule has 0 saturated carbocycles. The van der Waals surface area contributed by atoms with E-state index in [1.54, 1.807) is 13.2 Å². The molecule has 4 rings (SSSR count). The minimum Gasteiger partial charge on any atom is -0.493 e. The van der Waals surface area contributed by atoms with E-state index in [0.29, 0.717) is 60.2 Å². The van der Waals surface area contributed by atoms with Crippen LogP contribution >= 0.6 is 11.6 Å². The second-order valence-corrected chi connectivity index (χ2v) is 6.23. The molecule has 1 N–H and O–H groups in total. The summed E-state index contributed by atoms with van der Waals surface area (Å²) in [6, 6.07) is 9.09. The monoisotopic (exact) mass is 387 g/mol. The number of rotatable bonds is 1. The molecule has 2 aromatic carbocycles. The SMILES string of the molecule is COc1cc2ncnc3c2cc1OCCOCCOc1ccc(Cl)c(c1)N3. The summed E-state index contributed by atoms with van der Waals surface area (Å²) in [5.74, 6) is 2.49. The van der Waals surface area contributed by atoms with Crippen LogP contribution in [0.2, 0.25) is 5.02 Å². The number of fused-ring (bicyclic) bond motifs is 3. The van der Waals surface area contributed by atoms with Gasteiger partial charge in [-0.3, -0.25) is 0 Å². The Hall–Kier alpha value is -2.77. The number of benzene rings is 2. The van der Waals surface area contributed by atoms with Crippen LogP contribution in [0.1, 0.15) is 0 Å². The molecule has 1 aliphatic rings. The van der Waals surface area contributed by atoms with Crippen LogP contribution in [0, 0.1) is 0 Å². The van der Waals surface area contributed by atoms with Gasteiger partial charge in [0, 0.05) is 17.5 Å². The number of anilines is 2. The molecule has 8 heteroatoms. The van der Waals surface area contributed by atoms with Crippen molar-refractivity contribution in [3.05, 3.63) is 41.7 Å². The van der Waals surface area contributed by atoms with Crippen LogP contribution in [0.4, 0.5) is 11.5 Å². The van der Waals surface area contributed by atoms with Crippen molar-refractivity contribution in [3.63, 3.8) is 0 Å². The van der Waals surface area contributed by atoms with Crippen LogP contribution in [0.15, 0.2) is 36.7 Å². The fourth-order valence-corrected chi connectivity index (χ4v) is 2.95. The van der Waals surface area contributed by atoms with Gasteiger partial charge in [-0.1, -0.05) is 11.6 Å². The number of nitrogens with zero attached hydrogens (tertiary/aromatic N) is 2. The van der Waals surface area contributed by atoms with E-state index in [-0.39, 0.29) is 0 Å². The zero-order valence-electron chi connectivity index (χ0n) is 14.7. The minimum absolute atomic E-state index is 0.387. The molecular weight excluding hydrogens is 370 g/mol. The molecule has 0 amide bonds. The molecule has 0 fully saturated rings. The van der Waals surface area contributed by atoms with Crippen LogP contribution in [0.5, 0.6) is 17.2 Å². The molecule has 7 nitrogen and oxygen atoms in total. The van der Waals surface area contributed by atoms with Gasteiger partial charge in [-0.2, -0.15) is 0 Å². The summed E-state index contributed by atoms with van der Waals surface area (Å²) < 4.78 is 22.5. The number of methoxy groups -OCH3 is 1. The molecule has 140 valence electrons. The predicted molar refractivity (Wildman–Crippen MR) is 103 cm³/mol. The van der Waals surface area contributed by atoms with Crippen molar-refractivity contribution in [2.75, 3.05) is 38.9 Å². The van der Waals surface area contributed by atoms with Gasteiger partial charge < -0.3 is 24.3 Å². The lowest BCUT2D eigenvalue weighted by Gasteiger charge is -2.14. The Kier molecular flexibility index (Phi) is 5.13. The third kappa shape index (κ3) is 3.84. The first kappa shape index (κ1) is 17.6. The minimum atomic E-state index is 0.387. The maximum Gasteiger partial charge on any atom is 0.162 e. The Morgan fingerprint density at radius 1 is 1.04 bits per heavy atom. The van der Waals surface area contributed by atoms with E-state index in [2.05, 4.69) is 15.3 Å². The van der Waals surface area contributed by atoms with Gasteiger partial charge in [0.15, 0.2) is 11.5 Å². The average molecular weight is 388 g/mol. The van der Waals surface area contributed by atoms with E-state index in [1.807, 2.05) is 24.3 Å². The molecular formula is C19H18ClN3O4. The highest BCUT2D eigenvalue weighted by molar-refractivity contribution is 6.33. The fraction of sp³-hybridized carbons (Fsp3) is 0.263. The maximum atomic E-state index is 6.34. The summed E-state index contributed by atoms with van der Waals surface area (Å²) in [6.07, 6.45) is 1.49. The molecule has 4 bridgehead atoms. The normalized spacial score (nSPS) is 14.4. The number of nitrogens with one attached hydrogen (secondary N) is 1. The first-order valence-electron chi connectivity index (χ1n) is 8.47. The Balaban J connectivity index is 1.82. The van der Waals surface area contributed by atoms with E-state index in [4.69, 9.17) is 30.5 Å². The number of aromatic nitrogens is 2. The van der Waals surface area contributed by atoms with E-state index in [9.17, 15) is 0 Å². The lowest BCUT2D eigenvalue weighted by molar-refractivity contribution is 0.0758. The van der Waals surface area contributed by atoms with E-state index >= 15 is 0 Å². The van der Waals surface area contributed by atoms with Gasteiger partial charge in [0.2, 0.25) is 0 Å². The van der Waals surface area contributed by atoms with Gasteiger partial charge in [0.25, 0.3) is 0 Å². The molecule has 0 atom stereocenters. The average Bonchev–Trinajstić information content (AvgIpc) is 2.69. The topological polar surface area (TPSA) is 74.7 Å². The van der Waals surface area contributed by atoms with Crippen molar-refractivity contribution in [1.29, 1.82) is 0 Å².